The molecule has 7 aromatic carbocycles. The minimum atomic E-state index is -0.517. The molecule has 0 amide bonds. The van der Waals surface area contributed by atoms with E-state index in [1.165, 1.54) is 44.2 Å². The molecular weight excluding hydrogens is 597 g/mol. The van der Waals surface area contributed by atoms with Crippen molar-refractivity contribution in [3.8, 4) is 39.6 Å². The Morgan fingerprint density at radius 1 is 0.429 bits per heavy atom. The van der Waals surface area contributed by atoms with Crippen LogP contribution < -0.4 is 4.74 Å². The monoisotopic (exact) mass is 624 g/mol. The van der Waals surface area contributed by atoms with Crippen molar-refractivity contribution < 1.29 is 4.74 Å². The quantitative estimate of drug-likeness (QED) is 0.191. The molecule has 49 heavy (non-hydrogen) atoms. The van der Waals surface area contributed by atoms with Crippen LogP contribution >= 0.6 is 0 Å². The number of para-hydroxylation sites is 3. The van der Waals surface area contributed by atoms with Crippen LogP contribution in [0.1, 0.15) is 22.3 Å². The average molecular weight is 625 g/mol. The summed E-state index contributed by atoms with van der Waals surface area (Å²) in [6.07, 6.45) is 0. The molecule has 0 N–H and O–H groups in total. The predicted octanol–water partition coefficient (Wildman–Crippen LogP) is 11.5. The van der Waals surface area contributed by atoms with Crippen LogP contribution in [-0.4, -0.2) is 9.55 Å². The number of fused-ring (bicyclic) bond motifs is 13. The first kappa shape index (κ1) is 26.6. The van der Waals surface area contributed by atoms with Gasteiger partial charge in [0.25, 0.3) is 0 Å². The van der Waals surface area contributed by atoms with Gasteiger partial charge in [-0.15, -0.1) is 0 Å². The molecule has 0 atom stereocenters. The summed E-state index contributed by atoms with van der Waals surface area (Å²) in [7, 11) is 0. The Morgan fingerprint density at radius 2 is 1.06 bits per heavy atom. The molecule has 0 bridgehead atoms. The summed E-state index contributed by atoms with van der Waals surface area (Å²) in [5.41, 5.74) is 12.4. The maximum absolute atomic E-state index is 6.92. The molecule has 0 saturated heterocycles. The lowest BCUT2D eigenvalue weighted by Crippen LogP contribution is -2.32. The van der Waals surface area contributed by atoms with Crippen molar-refractivity contribution in [1.29, 1.82) is 0 Å². The van der Waals surface area contributed by atoms with E-state index in [1.54, 1.807) is 0 Å². The van der Waals surface area contributed by atoms with E-state index in [0.29, 0.717) is 0 Å². The first-order chi connectivity index (χ1) is 24.3. The molecule has 1 aliphatic carbocycles. The topological polar surface area (TPSA) is 27.1 Å². The van der Waals surface area contributed by atoms with Crippen molar-refractivity contribution in [2.75, 3.05) is 0 Å². The third-order valence-electron chi connectivity index (χ3n) is 10.7. The minimum absolute atomic E-state index is 0.517. The molecule has 0 saturated carbocycles. The highest BCUT2D eigenvalue weighted by atomic mass is 16.5. The van der Waals surface area contributed by atoms with Crippen molar-refractivity contribution in [2.45, 2.75) is 5.41 Å². The Bertz CT molecular complexity index is 2770. The van der Waals surface area contributed by atoms with Gasteiger partial charge < -0.3 is 4.74 Å². The van der Waals surface area contributed by atoms with E-state index in [0.717, 1.165) is 50.4 Å². The summed E-state index contributed by atoms with van der Waals surface area (Å²) in [6, 6.07) is 61.0. The zero-order valence-corrected chi connectivity index (χ0v) is 26.5. The Labute approximate surface area is 283 Å². The molecular formula is C46H28N2O. The fraction of sp³-hybridized carbons (Fsp3) is 0.0217. The second-order valence-corrected chi connectivity index (χ2v) is 13.1. The minimum Gasteiger partial charge on any atom is -0.457 e. The number of nitrogens with zero attached hydrogens (tertiary/aromatic N) is 2. The maximum atomic E-state index is 6.92. The van der Waals surface area contributed by atoms with Gasteiger partial charge in [-0.25, -0.2) is 4.98 Å². The van der Waals surface area contributed by atoms with E-state index < -0.39 is 5.41 Å². The first-order valence-corrected chi connectivity index (χ1v) is 16.8. The largest absolute Gasteiger partial charge is 0.457 e. The van der Waals surface area contributed by atoms with Crippen molar-refractivity contribution in [1.82, 2.24) is 9.55 Å². The fourth-order valence-corrected chi connectivity index (χ4v) is 8.70. The fourth-order valence-electron chi connectivity index (χ4n) is 8.70. The Kier molecular flexibility index (Phi) is 5.31. The summed E-state index contributed by atoms with van der Waals surface area (Å²) < 4.78 is 9.24. The number of rotatable bonds is 2. The summed E-state index contributed by atoms with van der Waals surface area (Å²) >= 11 is 0. The van der Waals surface area contributed by atoms with Gasteiger partial charge in [-0.05, 0) is 63.7 Å². The van der Waals surface area contributed by atoms with Gasteiger partial charge in [-0.1, -0.05) is 133 Å². The van der Waals surface area contributed by atoms with Gasteiger partial charge in [-0.3, -0.25) is 4.57 Å². The van der Waals surface area contributed by atoms with Gasteiger partial charge in [0.15, 0.2) is 0 Å². The third-order valence-corrected chi connectivity index (χ3v) is 10.7. The van der Waals surface area contributed by atoms with Gasteiger partial charge in [0.1, 0.15) is 17.3 Å². The SMILES string of the molecule is c1ccc(-c2cc(-n3c4ccccc4c4cc5c(cc43)Oc3ccccc3C53c4ccccc4-c4ccccc43)nc3ccccc23)cc1. The molecule has 2 aromatic heterocycles. The number of benzene rings is 7. The van der Waals surface area contributed by atoms with Crippen LogP contribution in [0.15, 0.2) is 170 Å². The van der Waals surface area contributed by atoms with E-state index >= 15 is 0 Å². The molecule has 3 nitrogen and oxygen atoms in total. The Balaban J connectivity index is 1.26. The molecule has 0 radical (unpaired) electrons. The molecule has 11 rings (SSSR count). The van der Waals surface area contributed by atoms with Crippen LogP contribution in [0.25, 0.3) is 60.8 Å². The van der Waals surface area contributed by atoms with Crippen molar-refractivity contribution in [3.05, 3.63) is 192 Å². The van der Waals surface area contributed by atoms with Gasteiger partial charge >= 0.3 is 0 Å². The zero-order valence-electron chi connectivity index (χ0n) is 26.5. The molecule has 0 fully saturated rings. The maximum Gasteiger partial charge on any atom is 0.138 e. The second-order valence-electron chi connectivity index (χ2n) is 13.1. The third kappa shape index (κ3) is 3.49. The summed E-state index contributed by atoms with van der Waals surface area (Å²) in [4.78, 5) is 5.30. The predicted molar refractivity (Wildman–Crippen MR) is 199 cm³/mol. The van der Waals surface area contributed by atoms with Gasteiger partial charge in [-0.2, -0.15) is 0 Å². The van der Waals surface area contributed by atoms with Gasteiger partial charge in [0, 0.05) is 33.4 Å². The van der Waals surface area contributed by atoms with Crippen molar-refractivity contribution >= 4 is 32.7 Å². The summed E-state index contributed by atoms with van der Waals surface area (Å²) in [5.74, 6) is 2.63. The van der Waals surface area contributed by atoms with Crippen LogP contribution in [0.3, 0.4) is 0 Å². The lowest BCUT2D eigenvalue weighted by Gasteiger charge is -2.39. The van der Waals surface area contributed by atoms with Crippen LogP contribution in [-0.2, 0) is 5.41 Å². The number of aromatic nitrogens is 2. The van der Waals surface area contributed by atoms with E-state index in [1.807, 2.05) is 0 Å². The molecule has 3 heteroatoms. The Morgan fingerprint density at radius 3 is 1.86 bits per heavy atom. The van der Waals surface area contributed by atoms with Crippen LogP contribution in [0.5, 0.6) is 11.5 Å². The normalized spacial score (nSPS) is 13.6. The molecule has 3 heterocycles. The number of pyridine rings is 1. The van der Waals surface area contributed by atoms with Crippen LogP contribution in [0.4, 0.5) is 0 Å². The highest BCUT2D eigenvalue weighted by Gasteiger charge is 2.51. The summed E-state index contributed by atoms with van der Waals surface area (Å²) in [6.45, 7) is 0. The highest BCUT2D eigenvalue weighted by molar-refractivity contribution is 6.11. The van der Waals surface area contributed by atoms with E-state index in [9.17, 15) is 0 Å². The number of ether oxygens (including phenoxy) is 1. The molecule has 0 unspecified atom stereocenters. The molecule has 1 aliphatic heterocycles. The van der Waals surface area contributed by atoms with Gasteiger partial charge in [0.05, 0.1) is 22.0 Å². The van der Waals surface area contributed by atoms with E-state index in [-0.39, 0.29) is 0 Å². The number of hydrogen-bond acceptors (Lipinski definition) is 2. The zero-order chi connectivity index (χ0) is 32.1. The summed E-state index contributed by atoms with van der Waals surface area (Å²) in [5, 5.41) is 3.50. The Hall–Kier alpha value is -6.45. The lowest BCUT2D eigenvalue weighted by molar-refractivity contribution is 0.437. The van der Waals surface area contributed by atoms with Crippen LogP contribution in [0, 0.1) is 0 Å². The molecule has 1 spiro atoms. The second kappa shape index (κ2) is 9.79. The van der Waals surface area contributed by atoms with Crippen LogP contribution in [0.2, 0.25) is 0 Å². The molecule has 228 valence electrons. The standard InChI is InChI=1S/C46H28N2O/c1-2-14-29(15-3-1)34-27-45(47-40-23-11-6-18-32(34)40)48-41-24-12-7-19-33(41)35-26-39-44(28-42(35)48)49-43-25-13-10-22-38(43)46(39)36-20-8-4-16-30(36)31-17-5-9-21-37(31)46/h1-28H. The lowest BCUT2D eigenvalue weighted by atomic mass is 9.66. The smallest absolute Gasteiger partial charge is 0.138 e. The van der Waals surface area contributed by atoms with Gasteiger partial charge in [0.2, 0.25) is 0 Å². The average Bonchev–Trinajstić information content (AvgIpc) is 3.64. The molecule has 2 aliphatic rings. The van der Waals surface area contributed by atoms with E-state index in [2.05, 4.69) is 174 Å². The highest BCUT2D eigenvalue weighted by Crippen LogP contribution is 2.62. The van der Waals surface area contributed by atoms with E-state index in [4.69, 9.17) is 9.72 Å². The number of hydrogen-bond donors (Lipinski definition) is 0. The molecule has 9 aromatic rings. The first-order valence-electron chi connectivity index (χ1n) is 16.8. The van der Waals surface area contributed by atoms with Crippen molar-refractivity contribution in [3.63, 3.8) is 0 Å². The van der Waals surface area contributed by atoms with Crippen molar-refractivity contribution in [2.24, 2.45) is 0 Å².